The topological polar surface area (TPSA) is 46.2 Å². The van der Waals surface area contributed by atoms with Crippen LogP contribution in [0, 0.1) is 12.8 Å². The number of rotatable bonds is 3. The number of hydrogen-bond acceptors (Lipinski definition) is 2. The average molecular weight is 287 g/mol. The summed E-state index contributed by atoms with van der Waals surface area (Å²) in [6, 6.07) is 2.29. The van der Waals surface area contributed by atoms with Gasteiger partial charge in [-0.3, -0.25) is 0 Å². The highest BCUT2D eigenvalue weighted by molar-refractivity contribution is 5.54. The van der Waals surface area contributed by atoms with Crippen molar-refractivity contribution in [3.63, 3.8) is 0 Å². The third kappa shape index (κ3) is 2.59. The Bertz CT molecular complexity index is 517. The maximum atomic E-state index is 10.9. The van der Waals surface area contributed by atoms with Crippen molar-refractivity contribution >= 4 is 0 Å². The summed E-state index contributed by atoms with van der Waals surface area (Å²) < 4.78 is 0. The molecule has 2 unspecified atom stereocenters. The van der Waals surface area contributed by atoms with Crippen molar-refractivity contribution in [2.75, 3.05) is 0 Å². The third-order valence-electron chi connectivity index (χ3n) is 5.84. The monoisotopic (exact) mass is 287 g/mol. The lowest BCUT2D eigenvalue weighted by Crippen LogP contribution is -2.17. The molecule has 0 aromatic heterocycles. The molecule has 21 heavy (non-hydrogen) atoms. The first-order chi connectivity index (χ1) is 10.1. The van der Waals surface area contributed by atoms with Crippen LogP contribution in [0.2, 0.25) is 0 Å². The zero-order chi connectivity index (χ0) is 15.0. The van der Waals surface area contributed by atoms with Crippen LogP contribution in [0.25, 0.3) is 0 Å². The highest BCUT2D eigenvalue weighted by atomic mass is 16.3. The molecule has 0 aliphatic heterocycles. The van der Waals surface area contributed by atoms with Crippen molar-refractivity contribution in [2.45, 2.75) is 77.2 Å². The third-order valence-corrected chi connectivity index (χ3v) is 5.84. The van der Waals surface area contributed by atoms with Gasteiger partial charge in [0.05, 0.1) is 0 Å². The van der Waals surface area contributed by atoms with Gasteiger partial charge < -0.3 is 10.8 Å². The van der Waals surface area contributed by atoms with Crippen molar-refractivity contribution in [3.8, 4) is 5.75 Å². The highest BCUT2D eigenvalue weighted by Crippen LogP contribution is 2.47. The van der Waals surface area contributed by atoms with Gasteiger partial charge in [-0.1, -0.05) is 32.3 Å². The molecule has 3 N–H and O–H groups in total. The Morgan fingerprint density at radius 1 is 1.24 bits per heavy atom. The largest absolute Gasteiger partial charge is 0.507 e. The predicted octanol–water partition coefficient (Wildman–Crippen LogP) is 4.72. The highest BCUT2D eigenvalue weighted by Gasteiger charge is 2.31. The molecular weight excluding hydrogens is 258 g/mol. The van der Waals surface area contributed by atoms with Crippen LogP contribution in [0.15, 0.2) is 6.07 Å². The van der Waals surface area contributed by atoms with Gasteiger partial charge in [0.15, 0.2) is 0 Å². The molecule has 1 aromatic carbocycles. The van der Waals surface area contributed by atoms with Crippen LogP contribution >= 0.6 is 0 Å². The molecule has 116 valence electrons. The summed E-state index contributed by atoms with van der Waals surface area (Å²) in [5.74, 6) is 1.77. The molecule has 0 heterocycles. The maximum absolute atomic E-state index is 10.9. The van der Waals surface area contributed by atoms with Crippen LogP contribution in [0.5, 0.6) is 5.75 Å². The Morgan fingerprint density at radius 3 is 2.62 bits per heavy atom. The molecule has 2 nitrogen and oxygen atoms in total. The van der Waals surface area contributed by atoms with E-state index >= 15 is 0 Å². The van der Waals surface area contributed by atoms with Crippen molar-refractivity contribution in [3.05, 3.63) is 28.3 Å². The van der Waals surface area contributed by atoms with Gasteiger partial charge in [-0.2, -0.15) is 0 Å². The second-order valence-corrected chi connectivity index (χ2v) is 7.08. The number of aromatic hydroxyl groups is 1. The number of phenols is 1. The van der Waals surface area contributed by atoms with E-state index in [2.05, 4.69) is 19.9 Å². The molecule has 2 heteroatoms. The van der Waals surface area contributed by atoms with Crippen LogP contribution < -0.4 is 5.73 Å². The minimum atomic E-state index is 0.0301. The fourth-order valence-corrected chi connectivity index (χ4v) is 4.70. The minimum Gasteiger partial charge on any atom is -0.507 e. The molecule has 1 saturated carbocycles. The maximum Gasteiger partial charge on any atom is 0.124 e. The zero-order valence-electron chi connectivity index (χ0n) is 13.5. The van der Waals surface area contributed by atoms with Gasteiger partial charge >= 0.3 is 0 Å². The van der Waals surface area contributed by atoms with Crippen LogP contribution in [-0.4, -0.2) is 5.11 Å². The van der Waals surface area contributed by atoms with E-state index in [1.165, 1.54) is 48.8 Å². The second kappa shape index (κ2) is 6.00. The number of nitrogens with two attached hydrogens (primary N) is 1. The van der Waals surface area contributed by atoms with E-state index in [-0.39, 0.29) is 6.04 Å². The summed E-state index contributed by atoms with van der Waals surface area (Å²) >= 11 is 0. The van der Waals surface area contributed by atoms with Gasteiger partial charge in [0.1, 0.15) is 5.75 Å². The van der Waals surface area contributed by atoms with Crippen molar-refractivity contribution in [1.29, 1.82) is 0 Å². The number of benzene rings is 1. The van der Waals surface area contributed by atoms with E-state index in [4.69, 9.17) is 5.73 Å². The molecular formula is C19H29NO. The lowest BCUT2D eigenvalue weighted by atomic mass is 9.74. The molecule has 0 radical (unpaired) electrons. The molecule has 0 spiro atoms. The first-order valence-electron chi connectivity index (χ1n) is 8.74. The molecule has 2 aliphatic carbocycles. The van der Waals surface area contributed by atoms with Crippen molar-refractivity contribution < 1.29 is 5.11 Å². The molecule has 0 amide bonds. The number of phenolic OH excluding ortho intramolecular Hbond substituents is 1. The van der Waals surface area contributed by atoms with E-state index in [1.54, 1.807) is 0 Å². The van der Waals surface area contributed by atoms with Gasteiger partial charge in [0.2, 0.25) is 0 Å². The molecule has 0 bridgehead atoms. The standard InChI is InChI=1S/C19H29NO/c1-3-14(13-7-5-4-6-8-13)16-11-12(2)15-9-10-17(20)18(15)19(16)21/h11,13-14,17,21H,3-10,20H2,1-2H3. The quantitative estimate of drug-likeness (QED) is 0.845. The Balaban J connectivity index is 2.01. The molecule has 3 rings (SSSR count). The number of fused-ring (bicyclic) bond motifs is 1. The smallest absolute Gasteiger partial charge is 0.124 e. The summed E-state index contributed by atoms with van der Waals surface area (Å²) in [5.41, 5.74) is 11.1. The predicted molar refractivity (Wildman–Crippen MR) is 87.7 cm³/mol. The Labute approximate surface area is 128 Å². The Morgan fingerprint density at radius 2 is 1.95 bits per heavy atom. The Hall–Kier alpha value is -1.02. The lowest BCUT2D eigenvalue weighted by Gasteiger charge is -2.31. The summed E-state index contributed by atoms with van der Waals surface area (Å²) in [5, 5.41) is 10.9. The van der Waals surface area contributed by atoms with Crippen molar-refractivity contribution in [2.24, 2.45) is 11.7 Å². The van der Waals surface area contributed by atoms with E-state index in [0.717, 1.165) is 30.7 Å². The van der Waals surface area contributed by atoms with Crippen LogP contribution in [0.3, 0.4) is 0 Å². The lowest BCUT2D eigenvalue weighted by molar-refractivity contribution is 0.293. The second-order valence-electron chi connectivity index (χ2n) is 7.08. The normalized spacial score (nSPS) is 24.0. The first-order valence-corrected chi connectivity index (χ1v) is 8.74. The van der Waals surface area contributed by atoms with E-state index < -0.39 is 0 Å². The van der Waals surface area contributed by atoms with Gasteiger partial charge in [0.25, 0.3) is 0 Å². The van der Waals surface area contributed by atoms with Gasteiger partial charge in [-0.15, -0.1) is 0 Å². The number of aryl methyl sites for hydroxylation is 1. The van der Waals surface area contributed by atoms with Crippen LogP contribution in [0.1, 0.15) is 86.1 Å². The summed E-state index contributed by atoms with van der Waals surface area (Å²) in [7, 11) is 0. The van der Waals surface area contributed by atoms with E-state index in [1.807, 2.05) is 0 Å². The molecule has 1 aromatic rings. The summed E-state index contributed by atoms with van der Waals surface area (Å²) in [6.07, 6.45) is 9.85. The average Bonchev–Trinajstić information content (AvgIpc) is 2.89. The SMILES string of the molecule is CCC(c1cc(C)c2c(c1O)C(N)CC2)C1CCCCC1. The van der Waals surface area contributed by atoms with Crippen LogP contribution in [0.4, 0.5) is 0 Å². The van der Waals surface area contributed by atoms with E-state index in [0.29, 0.717) is 11.7 Å². The fraction of sp³-hybridized carbons (Fsp3) is 0.684. The van der Waals surface area contributed by atoms with Crippen LogP contribution in [-0.2, 0) is 6.42 Å². The minimum absolute atomic E-state index is 0.0301. The first kappa shape index (κ1) is 14.9. The fourth-order valence-electron chi connectivity index (χ4n) is 4.70. The molecule has 2 atom stereocenters. The van der Waals surface area contributed by atoms with Gasteiger partial charge in [-0.25, -0.2) is 0 Å². The zero-order valence-corrected chi connectivity index (χ0v) is 13.5. The molecule has 2 aliphatic rings. The Kier molecular flexibility index (Phi) is 4.26. The van der Waals surface area contributed by atoms with Gasteiger partial charge in [0, 0.05) is 11.6 Å². The number of hydrogen-bond donors (Lipinski definition) is 2. The summed E-state index contributed by atoms with van der Waals surface area (Å²) in [4.78, 5) is 0. The van der Waals surface area contributed by atoms with E-state index in [9.17, 15) is 5.11 Å². The van der Waals surface area contributed by atoms with Crippen molar-refractivity contribution in [1.82, 2.24) is 0 Å². The molecule has 1 fully saturated rings. The van der Waals surface area contributed by atoms with Gasteiger partial charge in [-0.05, 0) is 67.6 Å². The summed E-state index contributed by atoms with van der Waals surface area (Å²) in [6.45, 7) is 4.45. The molecule has 0 saturated heterocycles.